The van der Waals surface area contributed by atoms with Crippen molar-refractivity contribution in [2.75, 3.05) is 7.05 Å². The summed E-state index contributed by atoms with van der Waals surface area (Å²) >= 11 is 0. The van der Waals surface area contributed by atoms with Crippen molar-refractivity contribution in [3.05, 3.63) is 18.0 Å². The largest absolute Gasteiger partial charge is 0.343 e. The molecule has 1 aliphatic carbocycles. The molecule has 0 aromatic carbocycles. The molecule has 1 aromatic rings. The molecule has 0 saturated heterocycles. The number of amides is 1. The van der Waals surface area contributed by atoms with Crippen molar-refractivity contribution < 1.29 is 4.79 Å². The van der Waals surface area contributed by atoms with Crippen LogP contribution in [0.2, 0.25) is 0 Å². The van der Waals surface area contributed by atoms with Crippen LogP contribution in [0.5, 0.6) is 0 Å². The smallest absolute Gasteiger partial charge is 0.222 e. The number of aryl methyl sites for hydroxylation is 2. The number of carbonyl (C=O) groups excluding carboxylic acids is 1. The van der Waals surface area contributed by atoms with E-state index in [0.29, 0.717) is 18.4 Å². The van der Waals surface area contributed by atoms with Crippen LogP contribution in [0.15, 0.2) is 12.3 Å². The predicted octanol–water partition coefficient (Wildman–Crippen LogP) is 2.78. The van der Waals surface area contributed by atoms with Crippen LogP contribution in [0.4, 0.5) is 0 Å². The van der Waals surface area contributed by atoms with Crippen LogP contribution < -0.4 is 0 Å². The molecule has 1 heterocycles. The first-order chi connectivity index (χ1) is 9.58. The van der Waals surface area contributed by atoms with Gasteiger partial charge in [-0.15, -0.1) is 0 Å². The minimum absolute atomic E-state index is 0.244. The highest BCUT2D eigenvalue weighted by atomic mass is 16.2. The lowest BCUT2D eigenvalue weighted by molar-refractivity contribution is -0.132. The van der Waals surface area contributed by atoms with E-state index < -0.39 is 0 Å². The maximum absolute atomic E-state index is 12.3. The maximum atomic E-state index is 12.3. The zero-order chi connectivity index (χ0) is 14.5. The fraction of sp³-hybridized carbons (Fsp3) is 0.750. The molecule has 4 heteroatoms. The molecule has 1 amide bonds. The van der Waals surface area contributed by atoms with Gasteiger partial charge in [0.05, 0.1) is 5.69 Å². The van der Waals surface area contributed by atoms with Gasteiger partial charge in [0.1, 0.15) is 0 Å². The molecular formula is C16H27N3O. The van der Waals surface area contributed by atoms with Crippen molar-refractivity contribution in [2.24, 2.45) is 13.0 Å². The second kappa shape index (κ2) is 6.91. The Labute approximate surface area is 122 Å². The Morgan fingerprint density at radius 1 is 1.45 bits per heavy atom. The van der Waals surface area contributed by atoms with Gasteiger partial charge in [-0.3, -0.25) is 9.48 Å². The van der Waals surface area contributed by atoms with Crippen LogP contribution >= 0.6 is 0 Å². The zero-order valence-electron chi connectivity index (χ0n) is 13.0. The summed E-state index contributed by atoms with van der Waals surface area (Å²) < 4.78 is 1.79. The van der Waals surface area contributed by atoms with Gasteiger partial charge in [0.25, 0.3) is 0 Å². The SMILES string of the molecule is C[C@@H](C1CCCCC1)N(C)C(=O)CCc1ccn(C)n1. The molecule has 0 bridgehead atoms. The fourth-order valence-electron chi connectivity index (χ4n) is 3.17. The van der Waals surface area contributed by atoms with Gasteiger partial charge in [-0.05, 0) is 31.7 Å². The Morgan fingerprint density at radius 2 is 2.15 bits per heavy atom. The third-order valence-electron chi connectivity index (χ3n) is 4.70. The molecule has 1 aliphatic rings. The number of rotatable bonds is 5. The Hall–Kier alpha value is -1.32. The van der Waals surface area contributed by atoms with Gasteiger partial charge in [0.15, 0.2) is 0 Å². The first kappa shape index (κ1) is 15.1. The van der Waals surface area contributed by atoms with E-state index >= 15 is 0 Å². The highest BCUT2D eigenvalue weighted by Crippen LogP contribution is 2.28. The molecule has 20 heavy (non-hydrogen) atoms. The predicted molar refractivity (Wildman–Crippen MR) is 80.3 cm³/mol. The second-order valence-electron chi connectivity index (χ2n) is 6.12. The molecule has 0 N–H and O–H groups in total. The van der Waals surface area contributed by atoms with Crippen molar-refractivity contribution in [1.82, 2.24) is 14.7 Å². The van der Waals surface area contributed by atoms with Crippen LogP contribution in [0.3, 0.4) is 0 Å². The molecule has 4 nitrogen and oxygen atoms in total. The summed E-state index contributed by atoms with van der Waals surface area (Å²) in [4.78, 5) is 14.3. The Morgan fingerprint density at radius 3 is 2.75 bits per heavy atom. The molecule has 0 aliphatic heterocycles. The van der Waals surface area contributed by atoms with Gasteiger partial charge < -0.3 is 4.90 Å². The number of aromatic nitrogens is 2. The molecule has 0 unspecified atom stereocenters. The molecule has 112 valence electrons. The van der Waals surface area contributed by atoms with Crippen LogP contribution in [0, 0.1) is 5.92 Å². The van der Waals surface area contributed by atoms with Crippen molar-refractivity contribution in [1.29, 1.82) is 0 Å². The molecule has 0 radical (unpaired) electrons. The van der Waals surface area contributed by atoms with E-state index in [1.54, 1.807) is 4.68 Å². The number of carbonyl (C=O) groups is 1. The van der Waals surface area contributed by atoms with Crippen LogP contribution in [-0.4, -0.2) is 33.7 Å². The van der Waals surface area contributed by atoms with E-state index in [2.05, 4.69) is 12.0 Å². The first-order valence-electron chi connectivity index (χ1n) is 7.82. The minimum atomic E-state index is 0.244. The molecule has 2 rings (SSSR count). The van der Waals surface area contributed by atoms with Crippen LogP contribution in [-0.2, 0) is 18.3 Å². The topological polar surface area (TPSA) is 38.1 Å². The summed E-state index contributed by atoms with van der Waals surface area (Å²) in [6.07, 6.45) is 9.79. The van der Waals surface area contributed by atoms with Gasteiger partial charge in [0, 0.05) is 39.2 Å². The van der Waals surface area contributed by atoms with E-state index in [-0.39, 0.29) is 5.91 Å². The summed E-state index contributed by atoms with van der Waals surface area (Å²) in [6, 6.07) is 2.35. The maximum Gasteiger partial charge on any atom is 0.222 e. The summed E-state index contributed by atoms with van der Waals surface area (Å²) in [5.74, 6) is 0.932. The monoisotopic (exact) mass is 277 g/mol. The summed E-state index contributed by atoms with van der Waals surface area (Å²) in [7, 11) is 3.86. The van der Waals surface area contributed by atoms with Crippen LogP contribution in [0.25, 0.3) is 0 Å². The summed E-state index contributed by atoms with van der Waals surface area (Å²) in [6.45, 7) is 2.20. The quantitative estimate of drug-likeness (QED) is 0.830. The first-order valence-corrected chi connectivity index (χ1v) is 7.82. The zero-order valence-corrected chi connectivity index (χ0v) is 13.0. The van der Waals surface area contributed by atoms with E-state index in [9.17, 15) is 4.79 Å². The van der Waals surface area contributed by atoms with Crippen LogP contribution in [0.1, 0.15) is 51.1 Å². The van der Waals surface area contributed by atoms with Gasteiger partial charge in [0.2, 0.25) is 5.91 Å². The fourth-order valence-corrected chi connectivity index (χ4v) is 3.17. The molecule has 1 atom stereocenters. The molecule has 0 spiro atoms. The summed E-state index contributed by atoms with van der Waals surface area (Å²) in [5, 5.41) is 4.32. The van der Waals surface area contributed by atoms with E-state index in [1.165, 1.54) is 32.1 Å². The molecule has 1 saturated carbocycles. The third-order valence-corrected chi connectivity index (χ3v) is 4.70. The van der Waals surface area contributed by atoms with Gasteiger partial charge in [-0.25, -0.2) is 0 Å². The van der Waals surface area contributed by atoms with Crippen molar-refractivity contribution >= 4 is 5.91 Å². The van der Waals surface area contributed by atoms with E-state index in [4.69, 9.17) is 0 Å². The van der Waals surface area contributed by atoms with Crippen molar-refractivity contribution in [2.45, 2.75) is 57.9 Å². The average Bonchev–Trinajstić information content (AvgIpc) is 2.89. The standard InChI is InChI=1S/C16H27N3O/c1-13(14-7-5-4-6-8-14)19(3)16(20)10-9-15-11-12-18(2)17-15/h11-14H,4-10H2,1-3H3/t13-/m0/s1. The number of hydrogen-bond acceptors (Lipinski definition) is 2. The minimum Gasteiger partial charge on any atom is -0.343 e. The normalized spacial score (nSPS) is 17.9. The lowest BCUT2D eigenvalue weighted by atomic mass is 9.84. The highest BCUT2D eigenvalue weighted by molar-refractivity contribution is 5.76. The van der Waals surface area contributed by atoms with Crippen molar-refractivity contribution in [3.8, 4) is 0 Å². The Balaban J connectivity index is 1.81. The number of hydrogen-bond donors (Lipinski definition) is 0. The highest BCUT2D eigenvalue weighted by Gasteiger charge is 2.25. The molecule has 1 aromatic heterocycles. The Kier molecular flexibility index (Phi) is 5.21. The average molecular weight is 277 g/mol. The summed E-state index contributed by atoms with van der Waals surface area (Å²) in [5.41, 5.74) is 1.000. The molecular weight excluding hydrogens is 250 g/mol. The lowest BCUT2D eigenvalue weighted by Gasteiger charge is -2.34. The second-order valence-corrected chi connectivity index (χ2v) is 6.12. The number of nitrogens with zero attached hydrogens (tertiary/aromatic N) is 3. The molecule has 1 fully saturated rings. The van der Waals surface area contributed by atoms with E-state index in [0.717, 1.165) is 12.1 Å². The van der Waals surface area contributed by atoms with Crippen molar-refractivity contribution in [3.63, 3.8) is 0 Å². The third kappa shape index (κ3) is 3.84. The van der Waals surface area contributed by atoms with Gasteiger partial charge in [-0.2, -0.15) is 5.10 Å². The van der Waals surface area contributed by atoms with E-state index in [1.807, 2.05) is 31.3 Å². The van der Waals surface area contributed by atoms with Gasteiger partial charge in [-0.1, -0.05) is 19.3 Å². The van der Waals surface area contributed by atoms with Gasteiger partial charge >= 0.3 is 0 Å². The Bertz CT molecular complexity index is 435. The lowest BCUT2D eigenvalue weighted by Crippen LogP contribution is -2.40.